The quantitative estimate of drug-likeness (QED) is 0.870. The van der Waals surface area contributed by atoms with Crippen molar-refractivity contribution in [2.45, 2.75) is 13.8 Å². The van der Waals surface area contributed by atoms with Gasteiger partial charge in [-0.05, 0) is 13.8 Å². The molecular weight excluding hydrogens is 221 g/mol. The Morgan fingerprint density at radius 1 is 1.36 bits per heavy atom. The topological polar surface area (TPSA) is 37.8 Å². The summed E-state index contributed by atoms with van der Waals surface area (Å²) < 4.78 is 0. The first-order valence-corrected chi connectivity index (χ1v) is 4.84. The minimum Gasteiger partial charge on any atom is -0.363 e. The molecule has 1 N–H and O–H groups in total. The summed E-state index contributed by atoms with van der Waals surface area (Å²) in [5.74, 6) is 0.538. The minimum absolute atomic E-state index is 0.353. The second kappa shape index (κ2) is 4.62. The predicted octanol–water partition coefficient (Wildman–Crippen LogP) is 2.91. The highest BCUT2D eigenvalue weighted by Gasteiger charge is 2.06. The van der Waals surface area contributed by atoms with Gasteiger partial charge < -0.3 is 5.32 Å². The lowest BCUT2D eigenvalue weighted by Gasteiger charge is -2.07. The van der Waals surface area contributed by atoms with Crippen molar-refractivity contribution in [2.24, 2.45) is 0 Å². The van der Waals surface area contributed by atoms with Crippen molar-refractivity contribution < 1.29 is 0 Å². The number of hydrogen-bond donors (Lipinski definition) is 1. The van der Waals surface area contributed by atoms with Gasteiger partial charge >= 0.3 is 0 Å². The largest absolute Gasteiger partial charge is 0.363 e. The van der Waals surface area contributed by atoms with E-state index in [-0.39, 0.29) is 0 Å². The first kappa shape index (κ1) is 11.3. The van der Waals surface area contributed by atoms with Crippen molar-refractivity contribution >= 4 is 29.0 Å². The Balaban J connectivity index is 2.87. The van der Waals surface area contributed by atoms with Gasteiger partial charge in [0.15, 0.2) is 11.0 Å². The second-order valence-electron chi connectivity index (χ2n) is 2.90. The van der Waals surface area contributed by atoms with Crippen LogP contribution in [-0.2, 0) is 0 Å². The Morgan fingerprint density at radius 3 is 2.50 bits per heavy atom. The van der Waals surface area contributed by atoms with Crippen molar-refractivity contribution in [2.75, 3.05) is 11.9 Å². The molecule has 0 unspecified atom stereocenters. The van der Waals surface area contributed by atoms with Crippen LogP contribution in [0.5, 0.6) is 0 Å². The van der Waals surface area contributed by atoms with Crippen LogP contribution in [0.1, 0.15) is 11.4 Å². The summed E-state index contributed by atoms with van der Waals surface area (Å²) in [7, 11) is 0. The lowest BCUT2D eigenvalue weighted by Crippen LogP contribution is -2.06. The molecule has 0 aliphatic heterocycles. The van der Waals surface area contributed by atoms with Crippen LogP contribution in [0.15, 0.2) is 11.6 Å². The Morgan fingerprint density at radius 2 is 1.93 bits per heavy atom. The van der Waals surface area contributed by atoms with E-state index in [2.05, 4.69) is 21.9 Å². The fourth-order valence-electron chi connectivity index (χ4n) is 0.868. The Kier molecular flexibility index (Phi) is 3.72. The molecule has 0 saturated carbocycles. The van der Waals surface area contributed by atoms with E-state index in [0.29, 0.717) is 22.5 Å². The zero-order chi connectivity index (χ0) is 10.7. The molecule has 76 valence electrons. The van der Waals surface area contributed by atoms with Gasteiger partial charge in [0.2, 0.25) is 0 Å². The second-order valence-corrected chi connectivity index (χ2v) is 3.80. The molecule has 0 radical (unpaired) electrons. The Bertz CT molecular complexity index is 363. The van der Waals surface area contributed by atoms with E-state index >= 15 is 0 Å². The fourth-order valence-corrected chi connectivity index (χ4v) is 1.17. The van der Waals surface area contributed by atoms with Gasteiger partial charge in [0.05, 0.1) is 17.9 Å². The molecule has 1 aromatic heterocycles. The molecule has 0 bridgehead atoms. The third-order valence-corrected chi connectivity index (χ3v) is 2.11. The lowest BCUT2D eigenvalue weighted by molar-refractivity contribution is 1.04. The van der Waals surface area contributed by atoms with Crippen LogP contribution in [0.25, 0.3) is 0 Å². The van der Waals surface area contributed by atoms with E-state index in [4.69, 9.17) is 23.2 Å². The number of aryl methyl sites for hydroxylation is 2. The summed E-state index contributed by atoms with van der Waals surface area (Å²) in [5, 5.41) is 3.80. The molecule has 5 heteroatoms. The molecule has 0 amide bonds. The summed E-state index contributed by atoms with van der Waals surface area (Å²) in [5.41, 5.74) is 1.67. The standard InChI is InChI=1S/C9H11Cl2N3/c1-5(10)4-12-9-8(11)13-6(2)7(3)14-9/h1,4H2,2-3H3,(H,12,14). The van der Waals surface area contributed by atoms with Gasteiger partial charge in [-0.2, -0.15) is 0 Å². The first-order valence-electron chi connectivity index (χ1n) is 4.08. The molecule has 14 heavy (non-hydrogen) atoms. The van der Waals surface area contributed by atoms with Crippen LogP contribution in [0.3, 0.4) is 0 Å². The van der Waals surface area contributed by atoms with Gasteiger partial charge in [-0.3, -0.25) is 0 Å². The van der Waals surface area contributed by atoms with E-state index in [0.717, 1.165) is 11.4 Å². The molecule has 1 heterocycles. The van der Waals surface area contributed by atoms with Crippen LogP contribution >= 0.6 is 23.2 Å². The fraction of sp³-hybridized carbons (Fsp3) is 0.333. The van der Waals surface area contributed by atoms with Gasteiger partial charge in [-0.15, -0.1) is 0 Å². The summed E-state index contributed by atoms with van der Waals surface area (Å²) >= 11 is 11.5. The van der Waals surface area contributed by atoms with E-state index in [9.17, 15) is 0 Å². The smallest absolute Gasteiger partial charge is 0.171 e. The number of rotatable bonds is 3. The highest BCUT2D eigenvalue weighted by Crippen LogP contribution is 2.18. The van der Waals surface area contributed by atoms with Crippen LogP contribution in [0.4, 0.5) is 5.82 Å². The van der Waals surface area contributed by atoms with E-state index in [1.807, 2.05) is 13.8 Å². The van der Waals surface area contributed by atoms with Crippen molar-refractivity contribution in [3.63, 3.8) is 0 Å². The maximum absolute atomic E-state index is 5.88. The third-order valence-electron chi connectivity index (χ3n) is 1.71. The van der Waals surface area contributed by atoms with E-state index in [1.54, 1.807) is 0 Å². The van der Waals surface area contributed by atoms with Gasteiger partial charge in [0, 0.05) is 5.03 Å². The maximum Gasteiger partial charge on any atom is 0.171 e. The van der Waals surface area contributed by atoms with Gasteiger partial charge in [-0.1, -0.05) is 29.8 Å². The maximum atomic E-state index is 5.88. The van der Waals surface area contributed by atoms with Crippen LogP contribution in [0, 0.1) is 13.8 Å². The minimum atomic E-state index is 0.353. The predicted molar refractivity (Wildman–Crippen MR) is 60.0 cm³/mol. The first-order chi connectivity index (χ1) is 6.50. The van der Waals surface area contributed by atoms with E-state index < -0.39 is 0 Å². The van der Waals surface area contributed by atoms with Crippen molar-refractivity contribution in [3.8, 4) is 0 Å². The highest BCUT2D eigenvalue weighted by molar-refractivity contribution is 6.32. The lowest BCUT2D eigenvalue weighted by atomic mass is 10.3. The molecule has 3 nitrogen and oxygen atoms in total. The molecular formula is C9H11Cl2N3. The average molecular weight is 232 g/mol. The van der Waals surface area contributed by atoms with Crippen molar-refractivity contribution in [1.82, 2.24) is 9.97 Å². The molecule has 1 rings (SSSR count). The SMILES string of the molecule is C=C(Cl)CNc1nc(C)c(C)nc1Cl. The number of nitrogens with one attached hydrogen (secondary N) is 1. The van der Waals surface area contributed by atoms with Gasteiger partial charge in [0.1, 0.15) is 0 Å². The molecule has 0 aromatic carbocycles. The van der Waals surface area contributed by atoms with E-state index in [1.165, 1.54) is 0 Å². The summed E-state index contributed by atoms with van der Waals surface area (Å²) in [6, 6.07) is 0. The van der Waals surface area contributed by atoms with Crippen LogP contribution < -0.4 is 5.32 Å². The number of hydrogen-bond acceptors (Lipinski definition) is 3. The number of halogens is 2. The van der Waals surface area contributed by atoms with Crippen molar-refractivity contribution in [1.29, 1.82) is 0 Å². The third kappa shape index (κ3) is 2.86. The number of anilines is 1. The summed E-state index contributed by atoms with van der Waals surface area (Å²) in [6.45, 7) is 7.71. The van der Waals surface area contributed by atoms with Crippen LogP contribution in [-0.4, -0.2) is 16.5 Å². The van der Waals surface area contributed by atoms with Gasteiger partial charge in [0.25, 0.3) is 0 Å². The molecule has 0 fully saturated rings. The summed E-state index contributed by atoms with van der Waals surface area (Å²) in [6.07, 6.45) is 0. The van der Waals surface area contributed by atoms with Crippen molar-refractivity contribution in [3.05, 3.63) is 28.2 Å². The molecule has 0 spiro atoms. The van der Waals surface area contributed by atoms with Crippen LogP contribution in [0.2, 0.25) is 5.15 Å². The Labute approximate surface area is 93.2 Å². The molecule has 0 saturated heterocycles. The molecule has 0 aliphatic rings. The summed E-state index contributed by atoms with van der Waals surface area (Å²) in [4.78, 5) is 8.36. The zero-order valence-electron chi connectivity index (χ0n) is 8.06. The highest BCUT2D eigenvalue weighted by atomic mass is 35.5. The molecule has 1 aromatic rings. The number of nitrogens with zero attached hydrogens (tertiary/aromatic N) is 2. The molecule has 0 aliphatic carbocycles. The average Bonchev–Trinajstić information content (AvgIpc) is 2.09. The Hall–Kier alpha value is -0.800. The zero-order valence-corrected chi connectivity index (χ0v) is 9.58. The molecule has 0 atom stereocenters. The monoisotopic (exact) mass is 231 g/mol. The normalized spacial score (nSPS) is 10.0. The number of aromatic nitrogens is 2. The van der Waals surface area contributed by atoms with Gasteiger partial charge in [-0.25, -0.2) is 9.97 Å².